The van der Waals surface area contributed by atoms with E-state index in [2.05, 4.69) is 4.74 Å². The molecule has 4 nitrogen and oxygen atoms in total. The van der Waals surface area contributed by atoms with Crippen molar-refractivity contribution in [3.63, 3.8) is 0 Å². The standard InChI is InChI=1S/C21H13ClF4O4/c1-11-2-4-12(5-3-11)29-20(27)14-9-17(24)19(10-16(14)23)28-13-6-7-15(22)18(8-13)30-21(25)26/h2-10,21H,1H3. The van der Waals surface area contributed by atoms with E-state index in [-0.39, 0.29) is 16.5 Å². The predicted molar refractivity (Wildman–Crippen MR) is 101 cm³/mol. The molecule has 0 unspecified atom stereocenters. The Morgan fingerprint density at radius 3 is 2.23 bits per heavy atom. The first kappa shape index (κ1) is 21.4. The van der Waals surface area contributed by atoms with Gasteiger partial charge >= 0.3 is 12.6 Å². The molecule has 0 spiro atoms. The van der Waals surface area contributed by atoms with Gasteiger partial charge in [-0.15, -0.1) is 0 Å². The van der Waals surface area contributed by atoms with Crippen LogP contribution >= 0.6 is 11.6 Å². The molecule has 0 fully saturated rings. The van der Waals surface area contributed by atoms with Gasteiger partial charge in [0.25, 0.3) is 0 Å². The number of aryl methyl sites for hydroxylation is 1. The lowest BCUT2D eigenvalue weighted by Crippen LogP contribution is -2.11. The molecule has 0 aliphatic carbocycles. The topological polar surface area (TPSA) is 44.8 Å². The summed E-state index contributed by atoms with van der Waals surface area (Å²) in [7, 11) is 0. The first-order valence-corrected chi connectivity index (χ1v) is 8.81. The van der Waals surface area contributed by atoms with Crippen molar-refractivity contribution in [1.29, 1.82) is 0 Å². The molecule has 3 aromatic rings. The van der Waals surface area contributed by atoms with Crippen LogP contribution in [-0.2, 0) is 0 Å². The average molecular weight is 441 g/mol. The molecule has 0 aliphatic heterocycles. The normalized spacial score (nSPS) is 10.8. The monoisotopic (exact) mass is 440 g/mol. The molecular weight excluding hydrogens is 428 g/mol. The van der Waals surface area contributed by atoms with Gasteiger partial charge in [0.1, 0.15) is 23.1 Å². The van der Waals surface area contributed by atoms with E-state index in [1.807, 2.05) is 6.92 Å². The molecule has 0 saturated carbocycles. The molecule has 0 amide bonds. The summed E-state index contributed by atoms with van der Waals surface area (Å²) in [5.41, 5.74) is 0.288. The fourth-order valence-corrected chi connectivity index (χ4v) is 2.55. The summed E-state index contributed by atoms with van der Waals surface area (Å²) in [6, 6.07) is 11.1. The van der Waals surface area contributed by atoms with Gasteiger partial charge < -0.3 is 14.2 Å². The highest BCUT2D eigenvalue weighted by atomic mass is 35.5. The number of benzene rings is 3. The van der Waals surface area contributed by atoms with Crippen LogP contribution in [0.1, 0.15) is 15.9 Å². The van der Waals surface area contributed by atoms with Gasteiger partial charge in [-0.05, 0) is 37.3 Å². The summed E-state index contributed by atoms with van der Waals surface area (Å²) in [4.78, 5) is 12.2. The Morgan fingerprint density at radius 2 is 1.57 bits per heavy atom. The van der Waals surface area contributed by atoms with Crippen molar-refractivity contribution in [3.8, 4) is 23.0 Å². The Morgan fingerprint density at radius 1 is 0.900 bits per heavy atom. The molecule has 0 aromatic heterocycles. The summed E-state index contributed by atoms with van der Waals surface area (Å²) in [5.74, 6) is -4.21. The Bertz CT molecular complexity index is 1070. The van der Waals surface area contributed by atoms with Gasteiger partial charge in [-0.25, -0.2) is 13.6 Å². The lowest BCUT2D eigenvalue weighted by molar-refractivity contribution is -0.0498. The minimum atomic E-state index is -3.13. The van der Waals surface area contributed by atoms with Crippen molar-refractivity contribution in [2.24, 2.45) is 0 Å². The van der Waals surface area contributed by atoms with Crippen molar-refractivity contribution in [1.82, 2.24) is 0 Å². The zero-order chi connectivity index (χ0) is 21.8. The van der Waals surface area contributed by atoms with Gasteiger partial charge in [-0.2, -0.15) is 8.78 Å². The molecule has 156 valence electrons. The van der Waals surface area contributed by atoms with E-state index in [4.69, 9.17) is 21.1 Å². The number of carbonyl (C=O) groups is 1. The van der Waals surface area contributed by atoms with Crippen LogP contribution in [0.3, 0.4) is 0 Å². The molecule has 0 aliphatic rings. The zero-order valence-electron chi connectivity index (χ0n) is 15.3. The lowest BCUT2D eigenvalue weighted by Gasteiger charge is -2.12. The van der Waals surface area contributed by atoms with E-state index >= 15 is 0 Å². The van der Waals surface area contributed by atoms with Crippen LogP contribution in [0, 0.1) is 18.6 Å². The molecule has 9 heteroatoms. The van der Waals surface area contributed by atoms with E-state index in [0.717, 1.165) is 11.6 Å². The quantitative estimate of drug-likeness (QED) is 0.248. The molecule has 0 atom stereocenters. The predicted octanol–water partition coefficient (Wildman–Crippen LogP) is 6.54. The first-order valence-electron chi connectivity index (χ1n) is 8.43. The van der Waals surface area contributed by atoms with Crippen molar-refractivity contribution in [3.05, 3.63) is 82.4 Å². The number of rotatable bonds is 6. The second-order valence-corrected chi connectivity index (χ2v) is 6.45. The van der Waals surface area contributed by atoms with E-state index in [1.165, 1.54) is 24.3 Å². The third kappa shape index (κ3) is 5.21. The number of alkyl halides is 2. The fourth-order valence-electron chi connectivity index (χ4n) is 2.39. The number of esters is 1. The minimum Gasteiger partial charge on any atom is -0.454 e. The van der Waals surface area contributed by atoms with Gasteiger partial charge in [0.05, 0.1) is 10.6 Å². The summed E-state index contributed by atoms with van der Waals surface area (Å²) >= 11 is 5.73. The van der Waals surface area contributed by atoms with Crippen LogP contribution in [0.2, 0.25) is 5.02 Å². The number of ether oxygens (including phenoxy) is 3. The highest BCUT2D eigenvalue weighted by Gasteiger charge is 2.20. The van der Waals surface area contributed by atoms with Crippen LogP contribution in [0.25, 0.3) is 0 Å². The molecule has 0 radical (unpaired) electrons. The smallest absolute Gasteiger partial charge is 0.387 e. The van der Waals surface area contributed by atoms with E-state index in [1.54, 1.807) is 12.1 Å². The van der Waals surface area contributed by atoms with E-state index in [0.29, 0.717) is 12.1 Å². The second-order valence-electron chi connectivity index (χ2n) is 6.04. The first-order chi connectivity index (χ1) is 14.2. The van der Waals surface area contributed by atoms with E-state index < -0.39 is 41.3 Å². The molecule has 0 bridgehead atoms. The number of hydrogen-bond acceptors (Lipinski definition) is 4. The largest absolute Gasteiger partial charge is 0.454 e. The second kappa shape index (κ2) is 9.04. The Labute approximate surface area is 173 Å². The molecule has 3 aromatic carbocycles. The van der Waals surface area contributed by atoms with Crippen molar-refractivity contribution in [2.45, 2.75) is 13.5 Å². The molecular formula is C21H13ClF4O4. The Hall–Kier alpha value is -3.26. The molecule has 0 saturated heterocycles. The maximum absolute atomic E-state index is 14.4. The van der Waals surface area contributed by atoms with Crippen molar-refractivity contribution < 1.29 is 36.6 Å². The van der Waals surface area contributed by atoms with Crippen LogP contribution in [0.5, 0.6) is 23.0 Å². The third-order valence-corrected chi connectivity index (χ3v) is 4.13. The molecule has 0 heterocycles. The van der Waals surface area contributed by atoms with Crippen molar-refractivity contribution >= 4 is 17.6 Å². The van der Waals surface area contributed by atoms with Gasteiger partial charge in [0, 0.05) is 12.1 Å². The SMILES string of the molecule is Cc1ccc(OC(=O)c2cc(F)c(Oc3ccc(Cl)c(OC(F)F)c3)cc2F)cc1. The van der Waals surface area contributed by atoms with Gasteiger partial charge in [-0.3, -0.25) is 0 Å². The highest BCUT2D eigenvalue weighted by Crippen LogP contribution is 2.34. The molecule has 30 heavy (non-hydrogen) atoms. The fraction of sp³-hybridized carbons (Fsp3) is 0.0952. The van der Waals surface area contributed by atoms with Crippen molar-refractivity contribution in [2.75, 3.05) is 0 Å². The van der Waals surface area contributed by atoms with Crippen LogP contribution in [0.15, 0.2) is 54.6 Å². The maximum Gasteiger partial charge on any atom is 0.387 e. The van der Waals surface area contributed by atoms with Crippen LogP contribution in [-0.4, -0.2) is 12.6 Å². The minimum absolute atomic E-state index is 0.122. The van der Waals surface area contributed by atoms with E-state index in [9.17, 15) is 22.4 Å². The Balaban J connectivity index is 1.81. The number of hydrogen-bond donors (Lipinski definition) is 0. The summed E-state index contributed by atoms with van der Waals surface area (Å²) in [6.45, 7) is -1.30. The summed E-state index contributed by atoms with van der Waals surface area (Å²) in [5, 5.41) is -0.122. The number of halogens is 5. The van der Waals surface area contributed by atoms with Gasteiger partial charge in [0.15, 0.2) is 11.6 Å². The average Bonchev–Trinajstić information content (AvgIpc) is 2.68. The zero-order valence-corrected chi connectivity index (χ0v) is 16.1. The highest BCUT2D eigenvalue weighted by molar-refractivity contribution is 6.32. The van der Waals surface area contributed by atoms with Crippen LogP contribution < -0.4 is 14.2 Å². The Kier molecular flexibility index (Phi) is 6.47. The lowest BCUT2D eigenvalue weighted by atomic mass is 10.2. The third-order valence-electron chi connectivity index (χ3n) is 3.82. The van der Waals surface area contributed by atoms with Gasteiger partial charge in [-0.1, -0.05) is 29.3 Å². The van der Waals surface area contributed by atoms with Gasteiger partial charge in [0.2, 0.25) is 0 Å². The maximum atomic E-state index is 14.4. The molecule has 0 N–H and O–H groups in total. The molecule has 3 rings (SSSR count). The summed E-state index contributed by atoms with van der Waals surface area (Å²) in [6.07, 6.45) is 0. The van der Waals surface area contributed by atoms with Crippen LogP contribution in [0.4, 0.5) is 17.6 Å². The summed E-state index contributed by atoms with van der Waals surface area (Å²) < 4.78 is 68.0. The number of carbonyl (C=O) groups excluding carboxylic acids is 1.